The highest BCUT2D eigenvalue weighted by Gasteiger charge is 2.17. The average Bonchev–Trinajstić information content (AvgIpc) is 3.19. The number of carbonyl (C=O) groups is 2. The monoisotopic (exact) mass is 507 g/mol. The lowest BCUT2D eigenvalue weighted by atomic mass is 10.2. The molecule has 0 atom stereocenters. The van der Waals surface area contributed by atoms with Crippen LogP contribution in [0.4, 0.5) is 5.69 Å². The number of nitrogens with one attached hydrogen (secondary N) is 2. The van der Waals surface area contributed by atoms with Gasteiger partial charge in [0.1, 0.15) is 16.4 Å². The Hall–Kier alpha value is -3.88. The van der Waals surface area contributed by atoms with Gasteiger partial charge < -0.3 is 14.8 Å². The molecule has 0 radical (unpaired) electrons. The number of benzene rings is 3. The molecule has 2 N–H and O–H groups in total. The van der Waals surface area contributed by atoms with E-state index in [1.54, 1.807) is 56.7 Å². The van der Waals surface area contributed by atoms with Crippen molar-refractivity contribution in [2.24, 2.45) is 5.10 Å². The van der Waals surface area contributed by atoms with Crippen LogP contribution in [0.2, 0.25) is 5.02 Å². The molecular weight excluding hydrogens is 486 g/mol. The van der Waals surface area contributed by atoms with Crippen molar-refractivity contribution in [3.63, 3.8) is 0 Å². The molecule has 0 saturated carbocycles. The lowest BCUT2D eigenvalue weighted by Crippen LogP contribution is -2.18. The van der Waals surface area contributed by atoms with Crippen molar-refractivity contribution in [3.05, 3.63) is 87.3 Å². The van der Waals surface area contributed by atoms with E-state index in [-0.39, 0.29) is 5.91 Å². The van der Waals surface area contributed by atoms with Crippen LogP contribution < -0.4 is 20.2 Å². The second-order valence-corrected chi connectivity index (χ2v) is 9.01. The summed E-state index contributed by atoms with van der Waals surface area (Å²) in [7, 11) is 3.11. The molecule has 1 heterocycles. The van der Waals surface area contributed by atoms with Crippen LogP contribution in [-0.2, 0) is 0 Å². The number of rotatable bonds is 7. The summed E-state index contributed by atoms with van der Waals surface area (Å²) in [5.41, 5.74) is 5.19. The Balaban J connectivity index is 1.40. The van der Waals surface area contributed by atoms with Crippen molar-refractivity contribution in [1.29, 1.82) is 0 Å². The molecule has 35 heavy (non-hydrogen) atoms. The molecule has 0 unspecified atom stereocenters. The van der Waals surface area contributed by atoms with Crippen molar-refractivity contribution >= 4 is 56.7 Å². The summed E-state index contributed by atoms with van der Waals surface area (Å²) in [5.74, 6) is 0.523. The average molecular weight is 508 g/mol. The predicted octanol–water partition coefficient (Wildman–Crippen LogP) is 5.90. The molecule has 3 aromatic carbocycles. The zero-order valence-electron chi connectivity index (χ0n) is 19.2. The molecule has 0 bridgehead atoms. The molecule has 0 aliphatic rings. The maximum Gasteiger partial charge on any atom is 0.271 e. The van der Waals surface area contributed by atoms with E-state index in [0.717, 1.165) is 15.6 Å². The second-order valence-electron chi connectivity index (χ2n) is 7.58. The Morgan fingerprint density at radius 2 is 1.74 bits per heavy atom. The van der Waals surface area contributed by atoms with Gasteiger partial charge >= 0.3 is 0 Å². The third kappa shape index (κ3) is 5.45. The minimum Gasteiger partial charge on any atom is -0.497 e. The van der Waals surface area contributed by atoms with E-state index in [1.165, 1.54) is 17.6 Å². The third-order valence-electron chi connectivity index (χ3n) is 5.21. The molecule has 4 aromatic rings. The van der Waals surface area contributed by atoms with E-state index in [9.17, 15) is 9.59 Å². The van der Waals surface area contributed by atoms with Gasteiger partial charge in [-0.1, -0.05) is 23.7 Å². The summed E-state index contributed by atoms with van der Waals surface area (Å²) in [6, 6.07) is 17.6. The highest BCUT2D eigenvalue weighted by molar-refractivity contribution is 7.21. The summed E-state index contributed by atoms with van der Waals surface area (Å²) in [4.78, 5) is 25.7. The van der Waals surface area contributed by atoms with Gasteiger partial charge in [0.25, 0.3) is 11.8 Å². The molecule has 4 rings (SSSR count). The van der Waals surface area contributed by atoms with Crippen LogP contribution in [0.3, 0.4) is 0 Å². The van der Waals surface area contributed by atoms with Crippen molar-refractivity contribution < 1.29 is 19.1 Å². The molecular formula is C26H22ClN3O4S. The van der Waals surface area contributed by atoms with E-state index in [2.05, 4.69) is 15.8 Å². The summed E-state index contributed by atoms with van der Waals surface area (Å²) in [6.45, 7) is 1.99. The Labute approximate surface area is 211 Å². The van der Waals surface area contributed by atoms with Gasteiger partial charge in [-0.25, -0.2) is 5.43 Å². The number of anilines is 1. The molecule has 178 valence electrons. The van der Waals surface area contributed by atoms with Crippen LogP contribution in [0.1, 0.15) is 31.2 Å². The predicted molar refractivity (Wildman–Crippen MR) is 141 cm³/mol. The lowest BCUT2D eigenvalue weighted by molar-refractivity contribution is 0.0954. The Kier molecular flexibility index (Phi) is 7.33. The first-order chi connectivity index (χ1) is 16.9. The number of hydrogen-bond donors (Lipinski definition) is 2. The van der Waals surface area contributed by atoms with Crippen LogP contribution >= 0.6 is 22.9 Å². The van der Waals surface area contributed by atoms with Gasteiger partial charge in [0.2, 0.25) is 0 Å². The standard InChI is InChI=1S/C26H22ClN3O4S/c1-15-4-11-20-22(12-15)35-24(23(20)27)26(32)29-18-8-5-16(6-9-18)25(31)30-28-14-17-7-10-19(33-2)13-21(17)34-3/h4-14H,1-3H3,(H,29,32)(H,30,31)/b28-14-. The van der Waals surface area contributed by atoms with Crippen molar-refractivity contribution in [3.8, 4) is 11.5 Å². The number of nitrogens with zero attached hydrogens (tertiary/aromatic N) is 1. The van der Waals surface area contributed by atoms with E-state index in [0.29, 0.717) is 38.2 Å². The van der Waals surface area contributed by atoms with Gasteiger partial charge in [-0.3, -0.25) is 9.59 Å². The number of halogens is 1. The zero-order valence-corrected chi connectivity index (χ0v) is 20.8. The Bertz CT molecular complexity index is 1430. The van der Waals surface area contributed by atoms with Crippen LogP contribution in [-0.4, -0.2) is 32.2 Å². The molecule has 2 amide bonds. The van der Waals surface area contributed by atoms with E-state index < -0.39 is 5.91 Å². The number of fused-ring (bicyclic) bond motifs is 1. The summed E-state index contributed by atoms with van der Waals surface area (Å²) in [5, 5.41) is 8.12. The van der Waals surface area contributed by atoms with Crippen molar-refractivity contribution in [2.75, 3.05) is 19.5 Å². The van der Waals surface area contributed by atoms with Gasteiger partial charge in [-0.15, -0.1) is 11.3 Å². The number of ether oxygens (including phenoxy) is 2. The minimum absolute atomic E-state index is 0.302. The normalized spacial score (nSPS) is 11.0. The van der Waals surface area contributed by atoms with Crippen LogP contribution in [0, 0.1) is 6.92 Å². The first-order valence-electron chi connectivity index (χ1n) is 10.5. The number of hydrogen-bond acceptors (Lipinski definition) is 6. The highest BCUT2D eigenvalue weighted by atomic mass is 35.5. The van der Waals surface area contributed by atoms with E-state index in [4.69, 9.17) is 21.1 Å². The fraction of sp³-hybridized carbons (Fsp3) is 0.115. The lowest BCUT2D eigenvalue weighted by Gasteiger charge is -2.07. The van der Waals surface area contributed by atoms with Gasteiger partial charge in [-0.2, -0.15) is 5.10 Å². The summed E-state index contributed by atoms with van der Waals surface area (Å²) >= 11 is 7.78. The number of aryl methyl sites for hydroxylation is 1. The van der Waals surface area contributed by atoms with E-state index >= 15 is 0 Å². The number of carbonyl (C=O) groups excluding carboxylic acids is 2. The van der Waals surface area contributed by atoms with Gasteiger partial charge in [0.15, 0.2) is 0 Å². The molecule has 0 aliphatic heterocycles. The van der Waals surface area contributed by atoms with Crippen LogP contribution in [0.5, 0.6) is 11.5 Å². The molecule has 9 heteroatoms. The third-order valence-corrected chi connectivity index (χ3v) is 6.86. The van der Waals surface area contributed by atoms with E-state index in [1.807, 2.05) is 25.1 Å². The first kappa shape index (κ1) is 24.3. The van der Waals surface area contributed by atoms with Crippen molar-refractivity contribution in [1.82, 2.24) is 5.43 Å². The molecule has 0 fully saturated rings. The fourth-order valence-corrected chi connectivity index (χ4v) is 4.87. The molecule has 7 nitrogen and oxygen atoms in total. The molecule has 1 aromatic heterocycles. The Morgan fingerprint density at radius 3 is 2.46 bits per heavy atom. The topological polar surface area (TPSA) is 89.0 Å². The number of amides is 2. The minimum atomic E-state index is -0.394. The maximum absolute atomic E-state index is 12.8. The number of thiophene rings is 1. The largest absolute Gasteiger partial charge is 0.497 e. The zero-order chi connectivity index (χ0) is 24.9. The van der Waals surface area contributed by atoms with Gasteiger partial charge in [0.05, 0.1) is 25.5 Å². The fourth-order valence-electron chi connectivity index (χ4n) is 3.36. The molecule has 0 saturated heterocycles. The number of hydrazone groups is 1. The smallest absolute Gasteiger partial charge is 0.271 e. The molecule has 0 aliphatic carbocycles. The Morgan fingerprint density at radius 1 is 0.971 bits per heavy atom. The number of methoxy groups -OCH3 is 2. The summed E-state index contributed by atoms with van der Waals surface area (Å²) < 4.78 is 11.4. The molecule has 0 spiro atoms. The maximum atomic E-state index is 12.8. The van der Waals surface area contributed by atoms with Gasteiger partial charge in [0, 0.05) is 33.0 Å². The summed E-state index contributed by atoms with van der Waals surface area (Å²) in [6.07, 6.45) is 1.49. The highest BCUT2D eigenvalue weighted by Crippen LogP contribution is 2.36. The second kappa shape index (κ2) is 10.6. The SMILES string of the molecule is COc1ccc(/C=N\NC(=O)c2ccc(NC(=O)c3sc4cc(C)ccc4c3Cl)cc2)c(OC)c1. The van der Waals surface area contributed by atoms with Gasteiger partial charge in [-0.05, 0) is 55.0 Å². The van der Waals surface area contributed by atoms with Crippen LogP contribution in [0.25, 0.3) is 10.1 Å². The quantitative estimate of drug-likeness (QED) is 0.241. The van der Waals surface area contributed by atoms with Crippen molar-refractivity contribution in [2.45, 2.75) is 6.92 Å². The van der Waals surface area contributed by atoms with Crippen LogP contribution in [0.15, 0.2) is 65.8 Å². The first-order valence-corrected chi connectivity index (χ1v) is 11.7.